The molecule has 0 aromatic carbocycles. The van der Waals surface area contributed by atoms with Crippen LogP contribution in [0.5, 0.6) is 0 Å². The van der Waals surface area contributed by atoms with Crippen LogP contribution in [-0.2, 0) is 28.6 Å². The number of unbranched alkanes of at least 4 members (excludes halogenated alkanes) is 30. The minimum atomic E-state index is -0.809. The molecule has 0 aromatic rings. The Labute approximate surface area is 421 Å². The Morgan fingerprint density at radius 2 is 0.588 bits per heavy atom. The highest BCUT2D eigenvalue weighted by Crippen LogP contribution is 2.15. The first-order chi connectivity index (χ1) is 33.5. The first kappa shape index (κ1) is 64.8. The molecule has 6 heteroatoms. The van der Waals surface area contributed by atoms with Gasteiger partial charge in [-0.05, 0) is 103 Å². The minimum absolute atomic E-state index is 0.101. The standard InChI is InChI=1S/C62H108O6/c1-4-7-10-13-16-19-22-25-28-30-31-33-34-37-40-43-46-49-52-55-61(64)67-58-59(57-66-60(63)54-51-48-45-42-39-36-27-24-21-18-15-12-9-6-3)68-62(65)56-53-50-47-44-41-38-35-32-29-26-23-20-17-14-11-8-5-2/h16,19,22,25-26,29,35-36,38-39,44,47,59H,4-15,17-18,20-21,23-24,27-28,30-34,37,40-43,45-46,48-58H2,1-3H3/b19-16-,25-22-,29-26-,38-35-,39-36-,47-44-. The van der Waals surface area contributed by atoms with Crippen LogP contribution in [0.3, 0.4) is 0 Å². The molecule has 0 saturated carbocycles. The van der Waals surface area contributed by atoms with Gasteiger partial charge in [-0.3, -0.25) is 14.4 Å². The predicted molar refractivity (Wildman–Crippen MR) is 293 cm³/mol. The van der Waals surface area contributed by atoms with Crippen molar-refractivity contribution in [2.75, 3.05) is 13.2 Å². The fourth-order valence-electron chi connectivity index (χ4n) is 8.03. The van der Waals surface area contributed by atoms with Gasteiger partial charge in [0.15, 0.2) is 6.10 Å². The maximum Gasteiger partial charge on any atom is 0.306 e. The Kier molecular flexibility index (Phi) is 53.8. The van der Waals surface area contributed by atoms with Crippen molar-refractivity contribution in [1.29, 1.82) is 0 Å². The van der Waals surface area contributed by atoms with Gasteiger partial charge in [-0.15, -0.1) is 0 Å². The number of hydrogen-bond donors (Lipinski definition) is 0. The summed E-state index contributed by atoms with van der Waals surface area (Å²) in [5, 5.41) is 0. The largest absolute Gasteiger partial charge is 0.462 e. The molecular formula is C62H108O6. The molecule has 0 aliphatic heterocycles. The second-order valence-corrected chi connectivity index (χ2v) is 19.2. The molecule has 0 rings (SSSR count). The van der Waals surface area contributed by atoms with E-state index in [1.54, 1.807) is 0 Å². The van der Waals surface area contributed by atoms with Crippen LogP contribution in [0.25, 0.3) is 0 Å². The van der Waals surface area contributed by atoms with Crippen molar-refractivity contribution in [3.05, 3.63) is 72.9 Å². The molecule has 0 bridgehead atoms. The van der Waals surface area contributed by atoms with Crippen molar-refractivity contribution in [3.8, 4) is 0 Å². The van der Waals surface area contributed by atoms with Gasteiger partial charge in [0.2, 0.25) is 0 Å². The molecule has 0 heterocycles. The second kappa shape index (κ2) is 56.4. The summed E-state index contributed by atoms with van der Waals surface area (Å²) < 4.78 is 16.8. The molecule has 0 aliphatic rings. The molecule has 0 N–H and O–H groups in total. The van der Waals surface area contributed by atoms with Crippen LogP contribution in [0.2, 0.25) is 0 Å². The maximum atomic E-state index is 12.8. The Morgan fingerprint density at radius 3 is 1.01 bits per heavy atom. The third-order valence-electron chi connectivity index (χ3n) is 12.4. The van der Waals surface area contributed by atoms with E-state index >= 15 is 0 Å². The van der Waals surface area contributed by atoms with E-state index in [-0.39, 0.29) is 37.5 Å². The number of carbonyl (C=O) groups is 3. The molecule has 0 amide bonds. The van der Waals surface area contributed by atoms with Gasteiger partial charge in [0.25, 0.3) is 0 Å². The Balaban J connectivity index is 4.45. The first-order valence-electron chi connectivity index (χ1n) is 29.0. The van der Waals surface area contributed by atoms with Crippen molar-refractivity contribution in [1.82, 2.24) is 0 Å². The monoisotopic (exact) mass is 949 g/mol. The van der Waals surface area contributed by atoms with Crippen molar-refractivity contribution in [2.45, 2.75) is 290 Å². The summed E-state index contributed by atoms with van der Waals surface area (Å²) in [5.74, 6) is -0.966. The lowest BCUT2D eigenvalue weighted by molar-refractivity contribution is -0.167. The predicted octanol–water partition coefficient (Wildman–Crippen LogP) is 19.4. The second-order valence-electron chi connectivity index (χ2n) is 19.2. The van der Waals surface area contributed by atoms with E-state index in [2.05, 4.69) is 93.7 Å². The zero-order valence-corrected chi connectivity index (χ0v) is 44.9. The summed E-state index contributed by atoms with van der Waals surface area (Å²) in [6.07, 6.45) is 71.8. The molecule has 0 radical (unpaired) electrons. The lowest BCUT2D eigenvalue weighted by Gasteiger charge is -2.18. The topological polar surface area (TPSA) is 78.9 Å². The average Bonchev–Trinajstić information content (AvgIpc) is 3.34. The molecule has 0 aromatic heterocycles. The van der Waals surface area contributed by atoms with Crippen molar-refractivity contribution < 1.29 is 28.6 Å². The van der Waals surface area contributed by atoms with E-state index < -0.39 is 6.10 Å². The fraction of sp³-hybridized carbons (Fsp3) is 0.758. The van der Waals surface area contributed by atoms with Gasteiger partial charge in [0.05, 0.1) is 0 Å². The van der Waals surface area contributed by atoms with Gasteiger partial charge in [-0.2, -0.15) is 0 Å². The third-order valence-corrected chi connectivity index (χ3v) is 12.4. The van der Waals surface area contributed by atoms with Crippen molar-refractivity contribution in [2.24, 2.45) is 0 Å². The number of hydrogen-bond acceptors (Lipinski definition) is 6. The summed E-state index contributed by atoms with van der Waals surface area (Å²) in [5.41, 5.74) is 0. The van der Waals surface area contributed by atoms with Crippen LogP contribution in [0.15, 0.2) is 72.9 Å². The van der Waals surface area contributed by atoms with Crippen LogP contribution in [0.4, 0.5) is 0 Å². The van der Waals surface area contributed by atoms with Gasteiger partial charge in [-0.25, -0.2) is 0 Å². The van der Waals surface area contributed by atoms with E-state index in [4.69, 9.17) is 14.2 Å². The summed E-state index contributed by atoms with van der Waals surface area (Å²) in [6.45, 7) is 6.56. The molecule has 6 nitrogen and oxygen atoms in total. The highest BCUT2D eigenvalue weighted by molar-refractivity contribution is 5.71. The molecule has 0 fully saturated rings. The fourth-order valence-corrected chi connectivity index (χ4v) is 8.03. The first-order valence-corrected chi connectivity index (χ1v) is 29.0. The molecule has 1 unspecified atom stereocenters. The lowest BCUT2D eigenvalue weighted by Crippen LogP contribution is -2.30. The number of ether oxygens (including phenoxy) is 3. The summed E-state index contributed by atoms with van der Waals surface area (Å²) >= 11 is 0. The SMILES string of the molecule is CCCCC/C=C\C=C/CCCCCCCCCCCCC(=O)OCC(COC(=O)CCCCC/C=C\CCCCCCCCC)OC(=O)CCC/C=C\C/C=C\C/C=C\CCCCCCCC. The van der Waals surface area contributed by atoms with E-state index in [0.717, 1.165) is 70.6 Å². The van der Waals surface area contributed by atoms with Gasteiger partial charge in [0, 0.05) is 19.3 Å². The molecule has 0 aliphatic carbocycles. The molecular weight excluding hydrogens is 841 g/mol. The quantitative estimate of drug-likeness (QED) is 0.0199. The molecule has 1 atom stereocenters. The van der Waals surface area contributed by atoms with Gasteiger partial charge >= 0.3 is 17.9 Å². The number of esters is 3. The zero-order valence-electron chi connectivity index (χ0n) is 44.9. The van der Waals surface area contributed by atoms with Gasteiger partial charge in [0.1, 0.15) is 13.2 Å². The van der Waals surface area contributed by atoms with Crippen LogP contribution in [0.1, 0.15) is 284 Å². The smallest absolute Gasteiger partial charge is 0.306 e. The van der Waals surface area contributed by atoms with Gasteiger partial charge < -0.3 is 14.2 Å². The van der Waals surface area contributed by atoms with E-state index in [1.807, 2.05) is 0 Å². The number of allylic oxidation sites excluding steroid dienone is 12. The lowest BCUT2D eigenvalue weighted by atomic mass is 10.1. The molecule has 0 spiro atoms. The average molecular weight is 950 g/mol. The summed E-state index contributed by atoms with van der Waals surface area (Å²) in [6, 6.07) is 0. The highest BCUT2D eigenvalue weighted by Gasteiger charge is 2.19. The Morgan fingerprint density at radius 1 is 0.309 bits per heavy atom. The van der Waals surface area contributed by atoms with E-state index in [0.29, 0.717) is 19.3 Å². The minimum Gasteiger partial charge on any atom is -0.462 e. The maximum absolute atomic E-state index is 12.8. The van der Waals surface area contributed by atoms with Crippen LogP contribution in [0, 0.1) is 0 Å². The van der Waals surface area contributed by atoms with Crippen LogP contribution < -0.4 is 0 Å². The number of carbonyl (C=O) groups excluding carboxylic acids is 3. The normalized spacial score (nSPS) is 12.6. The van der Waals surface area contributed by atoms with Crippen LogP contribution in [-0.4, -0.2) is 37.2 Å². The zero-order chi connectivity index (χ0) is 49.3. The molecule has 0 saturated heterocycles. The Bertz CT molecular complexity index is 1270. The van der Waals surface area contributed by atoms with Crippen molar-refractivity contribution in [3.63, 3.8) is 0 Å². The summed E-state index contributed by atoms with van der Waals surface area (Å²) in [7, 11) is 0. The van der Waals surface area contributed by atoms with E-state index in [1.165, 1.54) is 167 Å². The third kappa shape index (κ3) is 53.8. The van der Waals surface area contributed by atoms with Crippen LogP contribution >= 0.6 is 0 Å². The van der Waals surface area contributed by atoms with Gasteiger partial charge in [-0.1, -0.05) is 235 Å². The summed E-state index contributed by atoms with van der Waals surface area (Å²) in [4.78, 5) is 38.1. The molecule has 392 valence electrons. The van der Waals surface area contributed by atoms with E-state index in [9.17, 15) is 14.4 Å². The number of rotatable bonds is 52. The Hall–Kier alpha value is -3.15. The molecule has 68 heavy (non-hydrogen) atoms. The van der Waals surface area contributed by atoms with Crippen molar-refractivity contribution >= 4 is 17.9 Å². The highest BCUT2D eigenvalue weighted by atomic mass is 16.6.